The first-order chi connectivity index (χ1) is 12.3. The van der Waals surface area contributed by atoms with Crippen molar-refractivity contribution in [2.75, 3.05) is 6.61 Å². The first-order valence-corrected chi connectivity index (χ1v) is 9.91. The van der Waals surface area contributed by atoms with Gasteiger partial charge in [-0.05, 0) is 31.1 Å². The lowest BCUT2D eigenvalue weighted by molar-refractivity contribution is 0.178. The molecule has 1 saturated heterocycles. The van der Waals surface area contributed by atoms with E-state index in [1.165, 1.54) is 0 Å². The van der Waals surface area contributed by atoms with Gasteiger partial charge in [-0.25, -0.2) is 9.97 Å². The number of aliphatic hydroxyl groups excluding tert-OH is 1. The van der Waals surface area contributed by atoms with Crippen molar-refractivity contribution < 1.29 is 9.52 Å². The Morgan fingerprint density at radius 3 is 2.73 bits per heavy atom. The van der Waals surface area contributed by atoms with E-state index < -0.39 is 0 Å². The van der Waals surface area contributed by atoms with Gasteiger partial charge in [0.15, 0.2) is 0 Å². The standard InChI is InChI=1S/C21H33N3O2/c1-13(2)9-14-7-6-8-15(23-18(14)12-25)17-11-22-20-16(24-17)10-19(26-20)21(3,4)5/h10-11,13-15,18,23,25H,6-9,12H2,1-5H3/t14-,15+,18-/m0/s1. The second kappa shape index (κ2) is 7.65. The van der Waals surface area contributed by atoms with Crippen LogP contribution in [0.15, 0.2) is 16.7 Å². The molecule has 2 N–H and O–H groups in total. The lowest BCUT2D eigenvalue weighted by Crippen LogP contribution is -2.40. The van der Waals surface area contributed by atoms with Crippen LogP contribution in [0, 0.1) is 11.8 Å². The zero-order valence-electron chi connectivity index (χ0n) is 16.7. The highest BCUT2D eigenvalue weighted by atomic mass is 16.3. The van der Waals surface area contributed by atoms with Crippen LogP contribution >= 0.6 is 0 Å². The topological polar surface area (TPSA) is 71.2 Å². The van der Waals surface area contributed by atoms with E-state index in [0.717, 1.165) is 42.7 Å². The van der Waals surface area contributed by atoms with Gasteiger partial charge in [0.2, 0.25) is 5.71 Å². The average molecular weight is 360 g/mol. The van der Waals surface area contributed by atoms with Gasteiger partial charge in [0.25, 0.3) is 0 Å². The largest absolute Gasteiger partial charge is 0.441 e. The van der Waals surface area contributed by atoms with Crippen LogP contribution in [0.25, 0.3) is 11.2 Å². The number of rotatable bonds is 4. The van der Waals surface area contributed by atoms with Crippen molar-refractivity contribution in [3.63, 3.8) is 0 Å². The number of hydrogen-bond acceptors (Lipinski definition) is 5. The molecular weight excluding hydrogens is 326 g/mol. The molecule has 0 aromatic carbocycles. The van der Waals surface area contributed by atoms with Gasteiger partial charge in [-0.2, -0.15) is 0 Å². The number of fused-ring (bicyclic) bond motifs is 1. The Balaban J connectivity index is 1.83. The van der Waals surface area contributed by atoms with Gasteiger partial charge in [0.1, 0.15) is 11.3 Å². The predicted molar refractivity (Wildman–Crippen MR) is 104 cm³/mol. The van der Waals surface area contributed by atoms with Crippen molar-refractivity contribution in [2.45, 2.75) is 77.8 Å². The van der Waals surface area contributed by atoms with Crippen LogP contribution in [0.1, 0.15) is 77.8 Å². The number of aliphatic hydroxyl groups is 1. The summed E-state index contributed by atoms with van der Waals surface area (Å²) in [4.78, 5) is 9.34. The number of nitrogens with zero attached hydrogens (tertiary/aromatic N) is 2. The molecule has 3 rings (SSSR count). The Morgan fingerprint density at radius 2 is 2.08 bits per heavy atom. The van der Waals surface area contributed by atoms with Gasteiger partial charge in [-0.1, -0.05) is 41.0 Å². The van der Waals surface area contributed by atoms with Crippen LogP contribution in [-0.2, 0) is 5.41 Å². The summed E-state index contributed by atoms with van der Waals surface area (Å²) in [5.41, 5.74) is 2.30. The number of hydrogen-bond donors (Lipinski definition) is 2. The lowest BCUT2D eigenvalue weighted by Gasteiger charge is -2.27. The number of furan rings is 1. The summed E-state index contributed by atoms with van der Waals surface area (Å²) in [5, 5.41) is 13.6. The Labute approximate surface area is 156 Å². The molecule has 0 bridgehead atoms. The van der Waals surface area contributed by atoms with E-state index in [4.69, 9.17) is 9.40 Å². The molecule has 0 unspecified atom stereocenters. The van der Waals surface area contributed by atoms with Gasteiger partial charge in [0.05, 0.1) is 24.5 Å². The smallest absolute Gasteiger partial charge is 0.245 e. The fraction of sp³-hybridized carbons (Fsp3) is 0.714. The molecule has 3 heterocycles. The van der Waals surface area contributed by atoms with E-state index in [-0.39, 0.29) is 24.1 Å². The maximum absolute atomic E-state index is 9.92. The molecule has 26 heavy (non-hydrogen) atoms. The Morgan fingerprint density at radius 1 is 1.31 bits per heavy atom. The second-order valence-corrected chi connectivity index (χ2v) is 9.17. The summed E-state index contributed by atoms with van der Waals surface area (Å²) in [5.74, 6) is 2.07. The lowest BCUT2D eigenvalue weighted by atomic mass is 9.88. The Kier molecular flexibility index (Phi) is 5.68. The minimum atomic E-state index is -0.0604. The van der Waals surface area contributed by atoms with Gasteiger partial charge in [0, 0.05) is 17.5 Å². The molecule has 0 aliphatic carbocycles. The van der Waals surface area contributed by atoms with E-state index in [2.05, 4.69) is 44.9 Å². The first-order valence-electron chi connectivity index (χ1n) is 9.91. The first kappa shape index (κ1) is 19.3. The van der Waals surface area contributed by atoms with Crippen molar-refractivity contribution in [3.05, 3.63) is 23.7 Å². The fourth-order valence-electron chi connectivity index (χ4n) is 3.96. The third-order valence-corrected chi connectivity index (χ3v) is 5.38. The van der Waals surface area contributed by atoms with Crippen molar-refractivity contribution in [1.82, 2.24) is 15.3 Å². The highest BCUT2D eigenvalue weighted by Gasteiger charge is 2.29. The van der Waals surface area contributed by atoms with Crippen molar-refractivity contribution in [3.8, 4) is 0 Å². The van der Waals surface area contributed by atoms with Crippen molar-refractivity contribution in [2.24, 2.45) is 11.8 Å². The van der Waals surface area contributed by atoms with Crippen LogP contribution < -0.4 is 5.32 Å². The molecular formula is C21H33N3O2. The summed E-state index contributed by atoms with van der Waals surface area (Å²) in [7, 11) is 0. The highest BCUT2D eigenvalue weighted by molar-refractivity contribution is 5.69. The Bertz CT molecular complexity index is 732. The summed E-state index contributed by atoms with van der Waals surface area (Å²) >= 11 is 0. The van der Waals surface area contributed by atoms with E-state index in [0.29, 0.717) is 17.5 Å². The highest BCUT2D eigenvalue weighted by Crippen LogP contribution is 2.32. The molecule has 2 aromatic heterocycles. The summed E-state index contributed by atoms with van der Waals surface area (Å²) in [6.45, 7) is 11.0. The molecule has 1 aliphatic heterocycles. The number of aromatic nitrogens is 2. The summed E-state index contributed by atoms with van der Waals surface area (Å²) in [6, 6.07) is 2.26. The zero-order chi connectivity index (χ0) is 18.9. The quantitative estimate of drug-likeness (QED) is 0.849. The third-order valence-electron chi connectivity index (χ3n) is 5.38. The Hall–Kier alpha value is -1.46. The number of nitrogens with one attached hydrogen (secondary N) is 1. The molecule has 5 heteroatoms. The molecule has 0 radical (unpaired) electrons. The maximum atomic E-state index is 9.92. The van der Waals surface area contributed by atoms with E-state index in [9.17, 15) is 5.11 Å². The molecule has 3 atom stereocenters. The van der Waals surface area contributed by atoms with Crippen molar-refractivity contribution >= 4 is 11.2 Å². The molecule has 5 nitrogen and oxygen atoms in total. The van der Waals surface area contributed by atoms with E-state index >= 15 is 0 Å². The van der Waals surface area contributed by atoms with Crippen molar-refractivity contribution in [1.29, 1.82) is 0 Å². The molecule has 0 saturated carbocycles. The minimum absolute atomic E-state index is 0.0604. The van der Waals surface area contributed by atoms with Crippen LogP contribution in [0.2, 0.25) is 0 Å². The van der Waals surface area contributed by atoms with Gasteiger partial charge in [-0.3, -0.25) is 0 Å². The van der Waals surface area contributed by atoms with E-state index in [1.54, 1.807) is 0 Å². The average Bonchev–Trinajstić information content (AvgIpc) is 2.90. The maximum Gasteiger partial charge on any atom is 0.245 e. The normalized spacial score (nSPS) is 25.0. The SMILES string of the molecule is CC(C)C[C@@H]1CCC[C@H](c2cnc3oc(C(C)(C)C)cc3n2)N[C@H]1CO. The second-order valence-electron chi connectivity index (χ2n) is 9.17. The summed E-state index contributed by atoms with van der Waals surface area (Å²) < 4.78 is 5.87. The molecule has 0 amide bonds. The molecule has 144 valence electrons. The third kappa shape index (κ3) is 4.26. The minimum Gasteiger partial charge on any atom is -0.441 e. The predicted octanol–water partition coefficient (Wildman–Crippen LogP) is 4.36. The van der Waals surface area contributed by atoms with Gasteiger partial charge >= 0.3 is 0 Å². The van der Waals surface area contributed by atoms with E-state index in [1.807, 2.05) is 12.3 Å². The fourth-order valence-corrected chi connectivity index (χ4v) is 3.96. The van der Waals surface area contributed by atoms with Crippen LogP contribution in [0.4, 0.5) is 0 Å². The monoisotopic (exact) mass is 359 g/mol. The molecule has 2 aromatic rings. The molecule has 1 fully saturated rings. The van der Waals surface area contributed by atoms with Crippen LogP contribution in [0.3, 0.4) is 0 Å². The van der Waals surface area contributed by atoms with Crippen LogP contribution in [-0.4, -0.2) is 27.7 Å². The zero-order valence-corrected chi connectivity index (χ0v) is 16.7. The molecule has 0 spiro atoms. The summed E-state index contributed by atoms with van der Waals surface area (Å²) in [6.07, 6.45) is 6.29. The van der Waals surface area contributed by atoms with Crippen LogP contribution in [0.5, 0.6) is 0 Å². The van der Waals surface area contributed by atoms with Gasteiger partial charge in [-0.15, -0.1) is 0 Å². The molecule has 1 aliphatic rings. The van der Waals surface area contributed by atoms with Gasteiger partial charge < -0.3 is 14.8 Å².